The number of unbranched alkanes of at least 4 members (excludes halogenated alkanes) is 27. The van der Waals surface area contributed by atoms with Crippen LogP contribution in [0.4, 0.5) is 0 Å². The van der Waals surface area contributed by atoms with Crippen LogP contribution in [0.25, 0.3) is 0 Å². The van der Waals surface area contributed by atoms with Crippen LogP contribution < -0.4 is 0 Å². The number of hydrogen-bond acceptors (Lipinski definition) is 15. The molecule has 2 aliphatic heterocycles. The number of rotatable bonds is 45. The standard InChI is InChI=1S/C56H102O15/c1-3-5-7-9-11-13-15-17-18-19-20-21-22-23-24-25-27-28-30-32-34-36-38-47(58)66-41-44(69-48(59)39-37-35-33-31-29-26-16-14-12-10-8-6-4-2)42-67-55-54(65)52(63)50(61)46(71-55)43-68-56-53(64)51(62)49(60)45(40-57)70-56/h26,29,33,35,44-46,49-57,60-65H,3-25,27-28,30-32,34,36-43H2,1-2H3/b29-26+,35-33+/t44?,45-,46-,49+,50+,51?,52?,53?,54?,55-,56-/m1/s1. The van der Waals surface area contributed by atoms with Crippen LogP contribution in [0.1, 0.15) is 226 Å². The number of allylic oxidation sites excluding steroid dienone is 4. The molecule has 0 aromatic heterocycles. The molecular formula is C56H102O15. The van der Waals surface area contributed by atoms with Gasteiger partial charge in [0.05, 0.1) is 19.8 Å². The van der Waals surface area contributed by atoms with Gasteiger partial charge in [0, 0.05) is 12.8 Å². The number of carbonyl (C=O) groups excluding carboxylic acids is 2. The van der Waals surface area contributed by atoms with Gasteiger partial charge in [0.25, 0.3) is 0 Å². The Bertz CT molecular complexity index is 1330. The lowest BCUT2D eigenvalue weighted by atomic mass is 9.98. The minimum atomic E-state index is -1.77. The van der Waals surface area contributed by atoms with Crippen molar-refractivity contribution in [1.82, 2.24) is 0 Å². The number of aliphatic hydroxyl groups excluding tert-OH is 7. The summed E-state index contributed by atoms with van der Waals surface area (Å²) in [5.74, 6) is -0.992. The number of hydrogen-bond donors (Lipinski definition) is 7. The average Bonchev–Trinajstić information content (AvgIpc) is 3.36. The van der Waals surface area contributed by atoms with Gasteiger partial charge in [-0.3, -0.25) is 9.59 Å². The molecule has 2 rings (SSSR count). The molecule has 7 N–H and O–H groups in total. The van der Waals surface area contributed by atoms with Crippen molar-refractivity contribution in [2.75, 3.05) is 26.4 Å². The number of carbonyl (C=O) groups is 2. The summed E-state index contributed by atoms with van der Waals surface area (Å²) in [6.07, 6.45) is 29.5. The Morgan fingerprint density at radius 2 is 0.873 bits per heavy atom. The smallest absolute Gasteiger partial charge is 0.306 e. The molecule has 0 aromatic rings. The summed E-state index contributed by atoms with van der Waals surface area (Å²) in [5, 5.41) is 72.1. The molecular weight excluding hydrogens is 913 g/mol. The predicted octanol–water partition coefficient (Wildman–Crippen LogP) is 9.11. The van der Waals surface area contributed by atoms with Crippen LogP contribution in [0.2, 0.25) is 0 Å². The predicted molar refractivity (Wildman–Crippen MR) is 275 cm³/mol. The third-order valence-electron chi connectivity index (χ3n) is 13.7. The van der Waals surface area contributed by atoms with Crippen molar-refractivity contribution >= 4 is 11.9 Å². The molecule has 11 atom stereocenters. The van der Waals surface area contributed by atoms with Gasteiger partial charge >= 0.3 is 11.9 Å². The Morgan fingerprint density at radius 1 is 0.451 bits per heavy atom. The first-order valence-electron chi connectivity index (χ1n) is 28.4. The maximum absolute atomic E-state index is 13.0. The van der Waals surface area contributed by atoms with Crippen LogP contribution in [0.3, 0.4) is 0 Å². The maximum Gasteiger partial charge on any atom is 0.306 e. The highest BCUT2D eigenvalue weighted by Crippen LogP contribution is 2.27. The van der Waals surface area contributed by atoms with Crippen molar-refractivity contribution in [2.24, 2.45) is 0 Å². The van der Waals surface area contributed by atoms with Gasteiger partial charge in [-0.05, 0) is 32.1 Å². The highest BCUT2D eigenvalue weighted by atomic mass is 16.7. The maximum atomic E-state index is 13.0. The molecule has 416 valence electrons. The molecule has 5 unspecified atom stereocenters. The molecule has 0 bridgehead atoms. The van der Waals surface area contributed by atoms with Gasteiger partial charge in [0.1, 0.15) is 55.4 Å². The van der Waals surface area contributed by atoms with Crippen LogP contribution in [-0.4, -0.2) is 142 Å². The zero-order valence-corrected chi connectivity index (χ0v) is 44.2. The Hall–Kier alpha value is -2.02. The highest BCUT2D eigenvalue weighted by molar-refractivity contribution is 5.70. The average molecular weight is 1020 g/mol. The molecule has 0 spiro atoms. The first-order valence-corrected chi connectivity index (χ1v) is 28.4. The second kappa shape index (κ2) is 43.2. The first-order chi connectivity index (χ1) is 34.5. The zero-order chi connectivity index (χ0) is 51.7. The summed E-state index contributed by atoms with van der Waals surface area (Å²) in [5.41, 5.74) is 0. The van der Waals surface area contributed by atoms with Crippen LogP contribution in [0, 0.1) is 0 Å². The van der Waals surface area contributed by atoms with E-state index in [1.165, 1.54) is 154 Å². The summed E-state index contributed by atoms with van der Waals surface area (Å²) >= 11 is 0. The molecule has 15 nitrogen and oxygen atoms in total. The quantitative estimate of drug-likeness (QED) is 0.0171. The molecule has 2 aliphatic rings. The lowest BCUT2D eigenvalue weighted by Crippen LogP contribution is -2.61. The molecule has 0 amide bonds. The van der Waals surface area contributed by atoms with Gasteiger partial charge in [-0.25, -0.2) is 0 Å². The zero-order valence-electron chi connectivity index (χ0n) is 44.2. The lowest BCUT2D eigenvalue weighted by molar-refractivity contribution is -0.332. The Balaban J connectivity index is 1.74. The van der Waals surface area contributed by atoms with Crippen molar-refractivity contribution in [2.45, 2.75) is 293 Å². The highest BCUT2D eigenvalue weighted by Gasteiger charge is 2.47. The van der Waals surface area contributed by atoms with Gasteiger partial charge in [-0.15, -0.1) is 0 Å². The summed E-state index contributed by atoms with van der Waals surface area (Å²) < 4.78 is 33.6. The van der Waals surface area contributed by atoms with Crippen LogP contribution >= 0.6 is 0 Å². The van der Waals surface area contributed by atoms with E-state index in [0.29, 0.717) is 12.8 Å². The van der Waals surface area contributed by atoms with Crippen molar-refractivity contribution < 1.29 is 73.8 Å². The van der Waals surface area contributed by atoms with Gasteiger partial charge in [0.15, 0.2) is 18.7 Å². The third kappa shape index (κ3) is 30.8. The third-order valence-corrected chi connectivity index (χ3v) is 13.7. The van der Waals surface area contributed by atoms with Gasteiger partial charge < -0.3 is 64.2 Å². The fourth-order valence-electron chi connectivity index (χ4n) is 9.04. The number of aliphatic hydroxyl groups is 7. The summed E-state index contributed by atoms with van der Waals surface area (Å²) in [6.45, 7) is 2.56. The van der Waals surface area contributed by atoms with Crippen molar-refractivity contribution in [3.8, 4) is 0 Å². The van der Waals surface area contributed by atoms with E-state index in [1.807, 2.05) is 12.2 Å². The Labute approximate surface area is 428 Å². The number of ether oxygens (including phenoxy) is 6. The molecule has 2 heterocycles. The van der Waals surface area contributed by atoms with E-state index in [2.05, 4.69) is 26.0 Å². The van der Waals surface area contributed by atoms with E-state index in [-0.39, 0.29) is 19.4 Å². The Morgan fingerprint density at radius 3 is 1.37 bits per heavy atom. The second-order valence-electron chi connectivity index (χ2n) is 20.1. The minimum absolute atomic E-state index is 0.0622. The minimum Gasteiger partial charge on any atom is -0.462 e. The molecule has 2 saturated heterocycles. The molecule has 0 aromatic carbocycles. The summed E-state index contributed by atoms with van der Waals surface area (Å²) in [6, 6.07) is 0. The topological polar surface area (TPSA) is 231 Å². The van der Waals surface area contributed by atoms with Gasteiger partial charge in [-0.2, -0.15) is 0 Å². The Kier molecular flexibility index (Phi) is 39.6. The molecule has 2 fully saturated rings. The largest absolute Gasteiger partial charge is 0.462 e. The van der Waals surface area contributed by atoms with Crippen molar-refractivity contribution in [3.05, 3.63) is 24.3 Å². The normalized spacial score (nSPS) is 25.3. The molecule has 0 aliphatic carbocycles. The van der Waals surface area contributed by atoms with Gasteiger partial charge in [0.2, 0.25) is 0 Å². The van der Waals surface area contributed by atoms with Crippen molar-refractivity contribution in [1.29, 1.82) is 0 Å². The monoisotopic (exact) mass is 1010 g/mol. The van der Waals surface area contributed by atoms with Crippen LogP contribution in [0.15, 0.2) is 24.3 Å². The van der Waals surface area contributed by atoms with Crippen LogP contribution in [-0.2, 0) is 38.0 Å². The van der Waals surface area contributed by atoms with Crippen molar-refractivity contribution in [3.63, 3.8) is 0 Å². The van der Waals surface area contributed by atoms with E-state index < -0.39 is 99.3 Å². The fourth-order valence-corrected chi connectivity index (χ4v) is 9.04. The SMILES string of the molecule is CCCCCCCC/C=C/C/C=C/CCC(=O)OC(COC(=O)CCCCCCCCCCCCCCCCCCCCCCCC)CO[C@@H]1O[C@H](CO[C@@H]2O[C@H](CO)[C@H](O)C(O)C2O)[C@H](O)C(O)C1O. The summed E-state index contributed by atoms with van der Waals surface area (Å²) in [7, 11) is 0. The van der Waals surface area contributed by atoms with E-state index in [1.54, 1.807) is 0 Å². The van der Waals surface area contributed by atoms with E-state index in [9.17, 15) is 45.3 Å². The van der Waals surface area contributed by atoms with E-state index in [0.717, 1.165) is 32.1 Å². The van der Waals surface area contributed by atoms with E-state index >= 15 is 0 Å². The molecule has 71 heavy (non-hydrogen) atoms. The van der Waals surface area contributed by atoms with E-state index in [4.69, 9.17) is 28.4 Å². The lowest BCUT2D eigenvalue weighted by Gasteiger charge is -2.42. The molecule has 0 saturated carbocycles. The van der Waals surface area contributed by atoms with Crippen LogP contribution in [0.5, 0.6) is 0 Å². The molecule has 15 heteroatoms. The molecule has 0 radical (unpaired) electrons. The van der Waals surface area contributed by atoms with Gasteiger partial charge in [-0.1, -0.05) is 205 Å². The first kappa shape index (κ1) is 65.1. The second-order valence-corrected chi connectivity index (χ2v) is 20.1. The number of esters is 2. The fraction of sp³-hybridized carbons (Fsp3) is 0.893. The summed E-state index contributed by atoms with van der Waals surface area (Å²) in [4.78, 5) is 25.8.